The van der Waals surface area contributed by atoms with E-state index in [0.717, 1.165) is 11.3 Å². The number of nitrogen functional groups attached to an aromatic ring is 1. The van der Waals surface area contributed by atoms with Crippen LogP contribution in [0.2, 0.25) is 0 Å². The number of carbonyl (C=O) groups excluding carboxylic acids is 1. The molecule has 2 rings (SSSR count). The first-order valence-electron chi connectivity index (χ1n) is 6.31. The van der Waals surface area contributed by atoms with E-state index in [2.05, 4.69) is 0 Å². The lowest BCUT2D eigenvalue weighted by Gasteiger charge is -2.20. The second-order valence-electron chi connectivity index (χ2n) is 4.61. The number of rotatable bonds is 3. The molecule has 0 aliphatic carbocycles. The first-order valence-corrected chi connectivity index (χ1v) is 6.31. The lowest BCUT2D eigenvalue weighted by atomic mass is 10.1. The van der Waals surface area contributed by atoms with Crippen LogP contribution in [0.25, 0.3) is 0 Å². The Kier molecular flexibility index (Phi) is 3.94. The summed E-state index contributed by atoms with van der Waals surface area (Å²) in [6.07, 6.45) is 0. The van der Waals surface area contributed by atoms with Crippen LogP contribution in [0.1, 0.15) is 15.9 Å². The average molecular weight is 270 g/mol. The number of hydrogen-bond donors (Lipinski definition) is 1. The topological polar surface area (TPSA) is 55.6 Å². The maximum Gasteiger partial charge on any atom is 0.258 e. The molecule has 0 saturated heterocycles. The smallest absolute Gasteiger partial charge is 0.258 e. The summed E-state index contributed by atoms with van der Waals surface area (Å²) < 4.78 is 5.28. The first kappa shape index (κ1) is 13.9. The molecule has 2 N–H and O–H groups in total. The molecule has 104 valence electrons. The molecule has 0 unspecified atom stereocenters. The first-order chi connectivity index (χ1) is 9.54. The summed E-state index contributed by atoms with van der Waals surface area (Å²) >= 11 is 0. The predicted molar refractivity (Wildman–Crippen MR) is 81.3 cm³/mol. The standard InChI is InChI=1S/C16H18N2O2/c1-11-10-12(8-9-13(11)17)16(19)18(2)14-6-4-5-7-15(14)20-3/h4-10H,17H2,1-3H3. The van der Waals surface area contributed by atoms with E-state index in [1.807, 2.05) is 31.2 Å². The third-order valence-corrected chi connectivity index (χ3v) is 3.27. The quantitative estimate of drug-likeness (QED) is 0.872. The van der Waals surface area contributed by atoms with E-state index >= 15 is 0 Å². The van der Waals surface area contributed by atoms with Gasteiger partial charge in [-0.2, -0.15) is 0 Å². The summed E-state index contributed by atoms with van der Waals surface area (Å²) in [7, 11) is 3.32. The minimum absolute atomic E-state index is 0.0994. The average Bonchev–Trinajstić information content (AvgIpc) is 2.48. The van der Waals surface area contributed by atoms with Crippen molar-refractivity contribution < 1.29 is 9.53 Å². The zero-order chi connectivity index (χ0) is 14.7. The lowest BCUT2D eigenvalue weighted by molar-refractivity contribution is 0.0992. The van der Waals surface area contributed by atoms with E-state index in [1.165, 1.54) is 0 Å². The maximum absolute atomic E-state index is 12.5. The number of aryl methyl sites for hydroxylation is 1. The van der Waals surface area contributed by atoms with Crippen molar-refractivity contribution in [3.8, 4) is 5.75 Å². The fourth-order valence-corrected chi connectivity index (χ4v) is 2.02. The number of para-hydroxylation sites is 2. The highest BCUT2D eigenvalue weighted by molar-refractivity contribution is 6.06. The third kappa shape index (κ3) is 2.59. The summed E-state index contributed by atoms with van der Waals surface area (Å²) in [5, 5.41) is 0. The molecule has 0 bridgehead atoms. The Balaban J connectivity index is 2.34. The molecule has 20 heavy (non-hydrogen) atoms. The van der Waals surface area contributed by atoms with Gasteiger partial charge >= 0.3 is 0 Å². The number of amides is 1. The predicted octanol–water partition coefficient (Wildman–Crippen LogP) is 2.86. The van der Waals surface area contributed by atoms with E-state index in [0.29, 0.717) is 17.0 Å². The minimum atomic E-state index is -0.0994. The Morgan fingerprint density at radius 1 is 1.20 bits per heavy atom. The van der Waals surface area contributed by atoms with Crippen molar-refractivity contribution in [3.63, 3.8) is 0 Å². The molecule has 4 heteroatoms. The number of nitrogens with two attached hydrogens (primary N) is 1. The number of anilines is 2. The Morgan fingerprint density at radius 2 is 1.90 bits per heavy atom. The molecule has 0 fully saturated rings. The third-order valence-electron chi connectivity index (χ3n) is 3.27. The second-order valence-corrected chi connectivity index (χ2v) is 4.61. The fraction of sp³-hybridized carbons (Fsp3) is 0.188. The van der Waals surface area contributed by atoms with Crippen LogP contribution in [0.15, 0.2) is 42.5 Å². The van der Waals surface area contributed by atoms with Crippen LogP contribution < -0.4 is 15.4 Å². The van der Waals surface area contributed by atoms with Gasteiger partial charge in [-0.25, -0.2) is 0 Å². The summed E-state index contributed by atoms with van der Waals surface area (Å²) in [4.78, 5) is 14.1. The van der Waals surface area contributed by atoms with Crippen molar-refractivity contribution >= 4 is 17.3 Å². The zero-order valence-corrected chi connectivity index (χ0v) is 11.9. The molecule has 1 amide bonds. The van der Waals surface area contributed by atoms with Gasteiger partial charge in [0.15, 0.2) is 0 Å². The van der Waals surface area contributed by atoms with Gasteiger partial charge in [0, 0.05) is 18.3 Å². The zero-order valence-electron chi connectivity index (χ0n) is 11.9. The van der Waals surface area contributed by atoms with Crippen LogP contribution in [-0.2, 0) is 0 Å². The van der Waals surface area contributed by atoms with E-state index in [4.69, 9.17) is 10.5 Å². The van der Waals surface area contributed by atoms with Gasteiger partial charge in [-0.15, -0.1) is 0 Å². The van der Waals surface area contributed by atoms with Crippen LogP contribution >= 0.6 is 0 Å². The Labute approximate surface area is 118 Å². The van der Waals surface area contributed by atoms with E-state index in [1.54, 1.807) is 37.3 Å². The Morgan fingerprint density at radius 3 is 2.55 bits per heavy atom. The Bertz CT molecular complexity index is 638. The highest BCUT2D eigenvalue weighted by Crippen LogP contribution is 2.28. The van der Waals surface area contributed by atoms with Crippen molar-refractivity contribution in [2.45, 2.75) is 6.92 Å². The highest BCUT2D eigenvalue weighted by atomic mass is 16.5. The highest BCUT2D eigenvalue weighted by Gasteiger charge is 2.17. The normalized spacial score (nSPS) is 10.2. The number of hydrogen-bond acceptors (Lipinski definition) is 3. The molecule has 0 spiro atoms. The summed E-state index contributed by atoms with van der Waals surface area (Å²) in [5.74, 6) is 0.563. The van der Waals surface area contributed by atoms with Crippen LogP contribution in [0, 0.1) is 6.92 Å². The molecule has 4 nitrogen and oxygen atoms in total. The van der Waals surface area contributed by atoms with E-state index in [-0.39, 0.29) is 5.91 Å². The van der Waals surface area contributed by atoms with E-state index in [9.17, 15) is 4.79 Å². The van der Waals surface area contributed by atoms with Crippen LogP contribution in [0.3, 0.4) is 0 Å². The second kappa shape index (κ2) is 5.65. The van der Waals surface area contributed by atoms with Gasteiger partial charge in [0.2, 0.25) is 0 Å². The molecule has 2 aromatic rings. The molecule has 0 saturated carbocycles. The largest absolute Gasteiger partial charge is 0.495 e. The van der Waals surface area contributed by atoms with Gasteiger partial charge in [0.05, 0.1) is 12.8 Å². The molecule has 0 radical (unpaired) electrons. The molecular weight excluding hydrogens is 252 g/mol. The summed E-state index contributed by atoms with van der Waals surface area (Å²) in [6, 6.07) is 12.7. The van der Waals surface area contributed by atoms with Crippen LogP contribution in [-0.4, -0.2) is 20.1 Å². The SMILES string of the molecule is COc1ccccc1N(C)C(=O)c1ccc(N)c(C)c1. The molecular formula is C16H18N2O2. The summed E-state index contributed by atoms with van der Waals surface area (Å²) in [5.41, 5.74) is 8.68. The molecule has 0 aromatic heterocycles. The van der Waals surface area contributed by atoms with Crippen molar-refractivity contribution in [1.82, 2.24) is 0 Å². The van der Waals surface area contributed by atoms with Gasteiger partial charge in [-0.05, 0) is 42.8 Å². The van der Waals surface area contributed by atoms with Crippen LogP contribution in [0.5, 0.6) is 5.75 Å². The monoisotopic (exact) mass is 270 g/mol. The van der Waals surface area contributed by atoms with Crippen molar-refractivity contribution in [2.24, 2.45) is 0 Å². The van der Waals surface area contributed by atoms with Crippen LogP contribution in [0.4, 0.5) is 11.4 Å². The maximum atomic E-state index is 12.5. The molecule has 0 heterocycles. The van der Waals surface area contributed by atoms with Gasteiger partial charge in [-0.1, -0.05) is 12.1 Å². The number of benzene rings is 2. The fourth-order valence-electron chi connectivity index (χ4n) is 2.02. The molecule has 0 aliphatic heterocycles. The number of ether oxygens (including phenoxy) is 1. The Hall–Kier alpha value is -2.49. The van der Waals surface area contributed by atoms with Gasteiger partial charge in [0.25, 0.3) is 5.91 Å². The molecule has 2 aromatic carbocycles. The lowest BCUT2D eigenvalue weighted by Crippen LogP contribution is -2.26. The molecule has 0 aliphatic rings. The van der Waals surface area contributed by atoms with Gasteiger partial charge in [-0.3, -0.25) is 4.79 Å². The van der Waals surface area contributed by atoms with Crippen molar-refractivity contribution in [3.05, 3.63) is 53.6 Å². The summed E-state index contributed by atoms with van der Waals surface area (Å²) in [6.45, 7) is 1.88. The van der Waals surface area contributed by atoms with Crippen molar-refractivity contribution in [2.75, 3.05) is 24.8 Å². The minimum Gasteiger partial charge on any atom is -0.495 e. The number of methoxy groups -OCH3 is 1. The number of nitrogens with zero attached hydrogens (tertiary/aromatic N) is 1. The van der Waals surface area contributed by atoms with Gasteiger partial charge < -0.3 is 15.4 Å². The molecule has 0 atom stereocenters. The van der Waals surface area contributed by atoms with Gasteiger partial charge in [0.1, 0.15) is 5.75 Å². The number of carbonyl (C=O) groups is 1. The van der Waals surface area contributed by atoms with E-state index < -0.39 is 0 Å². The van der Waals surface area contributed by atoms with Crippen molar-refractivity contribution in [1.29, 1.82) is 0 Å².